The second-order valence-electron chi connectivity index (χ2n) is 4.65. The Labute approximate surface area is 114 Å². The Balaban J connectivity index is 2.10. The summed E-state index contributed by atoms with van der Waals surface area (Å²) in [5.74, 6) is 0.918. The number of rotatable bonds is 5. The number of benzene rings is 1. The van der Waals surface area contributed by atoms with Gasteiger partial charge in [-0.25, -0.2) is 0 Å². The van der Waals surface area contributed by atoms with Gasteiger partial charge in [-0.3, -0.25) is 4.98 Å². The molecule has 0 amide bonds. The van der Waals surface area contributed by atoms with Gasteiger partial charge < -0.3 is 9.64 Å². The van der Waals surface area contributed by atoms with E-state index in [2.05, 4.69) is 28.1 Å². The van der Waals surface area contributed by atoms with Crippen molar-refractivity contribution in [3.05, 3.63) is 53.9 Å². The fourth-order valence-corrected chi connectivity index (χ4v) is 1.92. The van der Waals surface area contributed by atoms with Crippen molar-refractivity contribution in [1.82, 2.24) is 4.98 Å². The largest absolute Gasteiger partial charge is 0.494 e. The summed E-state index contributed by atoms with van der Waals surface area (Å²) in [5, 5.41) is 0. The third-order valence-electron chi connectivity index (χ3n) is 2.94. The first kappa shape index (κ1) is 13.4. The molecule has 0 saturated carbocycles. The van der Waals surface area contributed by atoms with Crippen molar-refractivity contribution < 1.29 is 4.74 Å². The van der Waals surface area contributed by atoms with Crippen LogP contribution >= 0.6 is 0 Å². The van der Waals surface area contributed by atoms with Crippen LogP contribution in [0.4, 0.5) is 5.69 Å². The van der Waals surface area contributed by atoms with E-state index in [1.165, 1.54) is 11.3 Å². The maximum Gasteiger partial charge on any atom is 0.119 e. The molecule has 0 spiro atoms. The summed E-state index contributed by atoms with van der Waals surface area (Å²) < 4.78 is 5.44. The van der Waals surface area contributed by atoms with Gasteiger partial charge in [0, 0.05) is 38.1 Å². The molecule has 1 aromatic carbocycles. The molecule has 1 aromatic heterocycles. The zero-order chi connectivity index (χ0) is 13.7. The molecule has 100 valence electrons. The second-order valence-corrected chi connectivity index (χ2v) is 4.65. The highest BCUT2D eigenvalue weighted by molar-refractivity contribution is 5.45. The van der Waals surface area contributed by atoms with Crippen LogP contribution in [0.15, 0.2) is 42.6 Å². The minimum atomic E-state index is 0.700. The minimum Gasteiger partial charge on any atom is -0.494 e. The summed E-state index contributed by atoms with van der Waals surface area (Å²) in [6.07, 6.45) is 2.70. The lowest BCUT2D eigenvalue weighted by Crippen LogP contribution is -2.09. The summed E-state index contributed by atoms with van der Waals surface area (Å²) in [7, 11) is 4.08. The van der Waals surface area contributed by atoms with E-state index in [0.717, 1.165) is 17.9 Å². The van der Waals surface area contributed by atoms with Gasteiger partial charge in [0.25, 0.3) is 0 Å². The van der Waals surface area contributed by atoms with Gasteiger partial charge >= 0.3 is 0 Å². The smallest absolute Gasteiger partial charge is 0.119 e. The van der Waals surface area contributed by atoms with E-state index in [9.17, 15) is 0 Å². The summed E-state index contributed by atoms with van der Waals surface area (Å²) in [5.41, 5.74) is 3.50. The zero-order valence-corrected chi connectivity index (χ0v) is 11.8. The van der Waals surface area contributed by atoms with Crippen molar-refractivity contribution in [2.75, 3.05) is 25.6 Å². The Hall–Kier alpha value is -2.03. The van der Waals surface area contributed by atoms with E-state index in [0.29, 0.717) is 6.61 Å². The molecule has 0 aliphatic carbocycles. The Bertz CT molecular complexity index is 521. The molecular weight excluding hydrogens is 236 g/mol. The lowest BCUT2D eigenvalue weighted by Gasteiger charge is -2.13. The van der Waals surface area contributed by atoms with Gasteiger partial charge in [-0.05, 0) is 36.8 Å². The first-order valence-electron chi connectivity index (χ1n) is 6.53. The summed E-state index contributed by atoms with van der Waals surface area (Å²) in [4.78, 5) is 6.50. The van der Waals surface area contributed by atoms with Gasteiger partial charge in [-0.15, -0.1) is 0 Å². The molecule has 0 fully saturated rings. The fraction of sp³-hybridized carbons (Fsp3) is 0.312. The number of ether oxygens (including phenoxy) is 1. The molecule has 0 saturated heterocycles. The number of anilines is 1. The van der Waals surface area contributed by atoms with Gasteiger partial charge in [0.15, 0.2) is 0 Å². The van der Waals surface area contributed by atoms with Gasteiger partial charge in [0.2, 0.25) is 0 Å². The molecule has 0 aliphatic heterocycles. The standard InChI is InChI=1S/C16H20N2O/c1-4-19-16-7-5-13(6-8-16)11-14-12-15(18(2)3)9-10-17-14/h5-10,12H,4,11H2,1-3H3. The number of hydrogen-bond acceptors (Lipinski definition) is 3. The summed E-state index contributed by atoms with van der Waals surface area (Å²) in [6, 6.07) is 12.3. The van der Waals surface area contributed by atoms with Crippen molar-refractivity contribution in [1.29, 1.82) is 0 Å². The molecule has 0 N–H and O–H groups in total. The highest BCUT2D eigenvalue weighted by Crippen LogP contribution is 2.17. The monoisotopic (exact) mass is 256 g/mol. The van der Waals surface area contributed by atoms with E-state index >= 15 is 0 Å². The van der Waals surface area contributed by atoms with Crippen LogP contribution in [-0.4, -0.2) is 25.7 Å². The Morgan fingerprint density at radius 1 is 1.11 bits per heavy atom. The van der Waals surface area contributed by atoms with Crippen molar-refractivity contribution in [3.8, 4) is 5.75 Å². The number of hydrogen-bond donors (Lipinski definition) is 0. The molecule has 2 rings (SSSR count). The topological polar surface area (TPSA) is 25.4 Å². The van der Waals surface area contributed by atoms with Crippen LogP contribution in [0.1, 0.15) is 18.2 Å². The number of nitrogens with zero attached hydrogens (tertiary/aromatic N) is 2. The van der Waals surface area contributed by atoms with Crippen molar-refractivity contribution in [3.63, 3.8) is 0 Å². The predicted molar refractivity (Wildman–Crippen MR) is 79.0 cm³/mol. The van der Waals surface area contributed by atoms with Crippen LogP contribution in [0.5, 0.6) is 5.75 Å². The van der Waals surface area contributed by atoms with Crippen LogP contribution in [0, 0.1) is 0 Å². The van der Waals surface area contributed by atoms with E-state index in [1.54, 1.807) is 0 Å². The van der Waals surface area contributed by atoms with Gasteiger partial charge in [0.05, 0.1) is 6.61 Å². The maximum atomic E-state index is 5.44. The molecule has 0 unspecified atom stereocenters. The summed E-state index contributed by atoms with van der Waals surface area (Å²) >= 11 is 0. The fourth-order valence-electron chi connectivity index (χ4n) is 1.92. The second kappa shape index (κ2) is 6.23. The van der Waals surface area contributed by atoms with Crippen LogP contribution in [-0.2, 0) is 6.42 Å². The Kier molecular flexibility index (Phi) is 4.39. The minimum absolute atomic E-state index is 0.700. The highest BCUT2D eigenvalue weighted by Gasteiger charge is 2.01. The van der Waals surface area contributed by atoms with Crippen LogP contribution in [0.2, 0.25) is 0 Å². The van der Waals surface area contributed by atoms with Gasteiger partial charge in [0.1, 0.15) is 5.75 Å². The molecule has 0 aliphatic rings. The lowest BCUT2D eigenvalue weighted by molar-refractivity contribution is 0.340. The SMILES string of the molecule is CCOc1ccc(Cc2cc(N(C)C)ccn2)cc1. The summed E-state index contributed by atoms with van der Waals surface area (Å²) in [6.45, 7) is 2.69. The average Bonchev–Trinajstić information content (AvgIpc) is 2.42. The van der Waals surface area contributed by atoms with Crippen molar-refractivity contribution in [2.24, 2.45) is 0 Å². The van der Waals surface area contributed by atoms with E-state index in [-0.39, 0.29) is 0 Å². The number of pyridine rings is 1. The van der Waals surface area contributed by atoms with Crippen molar-refractivity contribution >= 4 is 5.69 Å². The number of aromatic nitrogens is 1. The lowest BCUT2D eigenvalue weighted by atomic mass is 10.1. The Morgan fingerprint density at radius 3 is 2.47 bits per heavy atom. The molecule has 0 radical (unpaired) electrons. The molecule has 2 aromatic rings. The highest BCUT2D eigenvalue weighted by atomic mass is 16.5. The first-order valence-corrected chi connectivity index (χ1v) is 6.53. The normalized spacial score (nSPS) is 10.3. The maximum absolute atomic E-state index is 5.44. The Morgan fingerprint density at radius 2 is 1.84 bits per heavy atom. The molecule has 3 heteroatoms. The third-order valence-corrected chi connectivity index (χ3v) is 2.94. The van der Waals surface area contributed by atoms with Gasteiger partial charge in [-0.1, -0.05) is 12.1 Å². The zero-order valence-electron chi connectivity index (χ0n) is 11.8. The first-order chi connectivity index (χ1) is 9.19. The quantitative estimate of drug-likeness (QED) is 0.821. The van der Waals surface area contributed by atoms with E-state index < -0.39 is 0 Å². The molecule has 0 bridgehead atoms. The average molecular weight is 256 g/mol. The van der Waals surface area contributed by atoms with E-state index in [1.807, 2.05) is 45.4 Å². The van der Waals surface area contributed by atoms with Crippen LogP contribution in [0.25, 0.3) is 0 Å². The van der Waals surface area contributed by atoms with E-state index in [4.69, 9.17) is 4.74 Å². The molecular formula is C16H20N2O. The molecule has 1 heterocycles. The van der Waals surface area contributed by atoms with Crippen LogP contribution in [0.3, 0.4) is 0 Å². The predicted octanol–water partition coefficient (Wildman–Crippen LogP) is 3.14. The van der Waals surface area contributed by atoms with Crippen LogP contribution < -0.4 is 9.64 Å². The molecule has 3 nitrogen and oxygen atoms in total. The van der Waals surface area contributed by atoms with Crippen molar-refractivity contribution in [2.45, 2.75) is 13.3 Å². The van der Waals surface area contributed by atoms with Gasteiger partial charge in [-0.2, -0.15) is 0 Å². The third kappa shape index (κ3) is 3.71. The molecule has 19 heavy (non-hydrogen) atoms. The molecule has 0 atom stereocenters.